The standard InChI is InChI=1S/C12H22N2O4/c1-9-5-4-6-14(10(9)11(15)16)12(17)13(2)7-8-18-3/h9-10H,4-8H2,1-3H3,(H,15,16). The molecule has 0 spiro atoms. The SMILES string of the molecule is COCCN(C)C(=O)N1CCCC(C)C1C(=O)O. The Labute approximate surface area is 107 Å². The minimum absolute atomic E-state index is 0.00368. The van der Waals surface area contributed by atoms with Gasteiger partial charge in [0, 0.05) is 27.2 Å². The molecule has 1 rings (SSSR count). The van der Waals surface area contributed by atoms with Crippen molar-refractivity contribution in [3.8, 4) is 0 Å². The third kappa shape index (κ3) is 3.35. The lowest BCUT2D eigenvalue weighted by molar-refractivity contribution is -0.145. The summed E-state index contributed by atoms with van der Waals surface area (Å²) in [6, 6.07) is -0.942. The topological polar surface area (TPSA) is 70.1 Å². The Morgan fingerprint density at radius 2 is 2.17 bits per heavy atom. The van der Waals surface area contributed by atoms with Crippen molar-refractivity contribution in [2.45, 2.75) is 25.8 Å². The molecule has 1 fully saturated rings. The van der Waals surface area contributed by atoms with Gasteiger partial charge in [-0.1, -0.05) is 6.92 Å². The van der Waals surface area contributed by atoms with Crippen LogP contribution in [0.5, 0.6) is 0 Å². The van der Waals surface area contributed by atoms with Crippen LogP contribution in [-0.2, 0) is 9.53 Å². The molecule has 1 N–H and O–H groups in total. The Kier molecular flexibility index (Phi) is 5.40. The predicted molar refractivity (Wildman–Crippen MR) is 66.4 cm³/mol. The third-order valence-electron chi connectivity index (χ3n) is 3.39. The molecule has 2 atom stereocenters. The number of rotatable bonds is 4. The summed E-state index contributed by atoms with van der Waals surface area (Å²) < 4.78 is 4.92. The van der Waals surface area contributed by atoms with Crippen molar-refractivity contribution in [1.29, 1.82) is 0 Å². The second-order valence-corrected chi connectivity index (χ2v) is 4.79. The van der Waals surface area contributed by atoms with E-state index in [9.17, 15) is 14.7 Å². The van der Waals surface area contributed by atoms with Gasteiger partial charge in [0.2, 0.25) is 0 Å². The molecular weight excluding hydrogens is 236 g/mol. The summed E-state index contributed by atoms with van der Waals surface area (Å²) in [6.07, 6.45) is 1.71. The van der Waals surface area contributed by atoms with Crippen LogP contribution in [0.4, 0.5) is 4.79 Å². The van der Waals surface area contributed by atoms with Gasteiger partial charge in [-0.25, -0.2) is 9.59 Å². The highest BCUT2D eigenvalue weighted by molar-refractivity contribution is 5.83. The molecule has 0 saturated carbocycles. The third-order valence-corrected chi connectivity index (χ3v) is 3.39. The summed E-state index contributed by atoms with van der Waals surface area (Å²) in [5.74, 6) is -0.924. The number of hydrogen-bond acceptors (Lipinski definition) is 3. The summed E-state index contributed by atoms with van der Waals surface area (Å²) in [7, 11) is 3.24. The van der Waals surface area contributed by atoms with Gasteiger partial charge in [-0.2, -0.15) is 0 Å². The molecule has 0 radical (unpaired) electrons. The van der Waals surface area contributed by atoms with Crippen molar-refractivity contribution in [1.82, 2.24) is 9.80 Å². The minimum atomic E-state index is -0.921. The zero-order valence-corrected chi connectivity index (χ0v) is 11.3. The zero-order chi connectivity index (χ0) is 13.7. The predicted octanol–water partition coefficient (Wildman–Crippen LogP) is 0.870. The number of carboxylic acids is 1. The van der Waals surface area contributed by atoms with Gasteiger partial charge in [-0.05, 0) is 18.8 Å². The molecular formula is C12H22N2O4. The molecule has 0 aromatic heterocycles. The number of urea groups is 1. The van der Waals surface area contributed by atoms with Crippen LogP contribution in [0.2, 0.25) is 0 Å². The van der Waals surface area contributed by atoms with Gasteiger partial charge < -0.3 is 19.6 Å². The number of carbonyl (C=O) groups excluding carboxylic acids is 1. The molecule has 1 aliphatic rings. The molecule has 0 aromatic rings. The van der Waals surface area contributed by atoms with E-state index in [1.165, 1.54) is 9.80 Å². The van der Waals surface area contributed by atoms with Crippen molar-refractivity contribution in [2.75, 3.05) is 33.9 Å². The van der Waals surface area contributed by atoms with Gasteiger partial charge in [-0.15, -0.1) is 0 Å². The maximum absolute atomic E-state index is 12.2. The number of aliphatic carboxylic acids is 1. The van der Waals surface area contributed by atoms with E-state index in [2.05, 4.69) is 0 Å². The number of likely N-dealkylation sites (N-methyl/N-ethyl adjacent to an activating group) is 1. The molecule has 104 valence electrons. The average molecular weight is 258 g/mol. The molecule has 2 amide bonds. The number of carbonyl (C=O) groups is 2. The van der Waals surface area contributed by atoms with E-state index in [1.54, 1.807) is 14.2 Å². The normalized spacial score (nSPS) is 23.8. The van der Waals surface area contributed by atoms with Crippen LogP contribution < -0.4 is 0 Å². The number of ether oxygens (including phenoxy) is 1. The molecule has 2 unspecified atom stereocenters. The van der Waals surface area contributed by atoms with E-state index in [0.717, 1.165) is 12.8 Å². The van der Waals surface area contributed by atoms with Crippen LogP contribution in [-0.4, -0.2) is 66.8 Å². The van der Waals surface area contributed by atoms with E-state index >= 15 is 0 Å². The van der Waals surface area contributed by atoms with E-state index in [1.807, 2.05) is 6.92 Å². The van der Waals surface area contributed by atoms with Crippen LogP contribution in [0.15, 0.2) is 0 Å². The quantitative estimate of drug-likeness (QED) is 0.812. The van der Waals surface area contributed by atoms with E-state index in [0.29, 0.717) is 19.7 Å². The van der Waals surface area contributed by atoms with Crippen LogP contribution in [0.3, 0.4) is 0 Å². The fourth-order valence-electron chi connectivity index (χ4n) is 2.32. The average Bonchev–Trinajstić information content (AvgIpc) is 2.34. The lowest BCUT2D eigenvalue weighted by atomic mass is 9.91. The van der Waals surface area contributed by atoms with Gasteiger partial charge in [0.05, 0.1) is 6.61 Å². The summed E-state index contributed by atoms with van der Waals surface area (Å²) in [5, 5.41) is 9.25. The van der Waals surface area contributed by atoms with Gasteiger partial charge in [0.1, 0.15) is 6.04 Å². The Bertz CT molecular complexity index is 308. The number of amides is 2. The van der Waals surface area contributed by atoms with Crippen LogP contribution in [0.1, 0.15) is 19.8 Å². The fourth-order valence-corrected chi connectivity index (χ4v) is 2.32. The van der Waals surface area contributed by atoms with Crippen molar-refractivity contribution in [3.05, 3.63) is 0 Å². The molecule has 6 heteroatoms. The second kappa shape index (κ2) is 6.58. The number of piperidine rings is 1. The molecule has 0 bridgehead atoms. The van der Waals surface area contributed by atoms with Crippen molar-refractivity contribution in [2.24, 2.45) is 5.92 Å². The number of carboxylic acid groups (broad SMARTS) is 1. The van der Waals surface area contributed by atoms with Crippen LogP contribution in [0, 0.1) is 5.92 Å². The highest BCUT2D eigenvalue weighted by Crippen LogP contribution is 2.24. The van der Waals surface area contributed by atoms with E-state index in [4.69, 9.17) is 4.74 Å². The number of hydrogen-bond donors (Lipinski definition) is 1. The van der Waals surface area contributed by atoms with E-state index < -0.39 is 12.0 Å². The minimum Gasteiger partial charge on any atom is -0.480 e. The first-order chi connectivity index (χ1) is 8.49. The lowest BCUT2D eigenvalue weighted by Gasteiger charge is -2.39. The first-order valence-electron chi connectivity index (χ1n) is 6.22. The maximum Gasteiger partial charge on any atom is 0.326 e. The van der Waals surface area contributed by atoms with Crippen molar-refractivity contribution in [3.63, 3.8) is 0 Å². The highest BCUT2D eigenvalue weighted by Gasteiger charge is 2.37. The van der Waals surface area contributed by atoms with Crippen LogP contribution in [0.25, 0.3) is 0 Å². The smallest absolute Gasteiger partial charge is 0.326 e. The number of methoxy groups -OCH3 is 1. The Hall–Kier alpha value is -1.30. The Morgan fingerprint density at radius 1 is 1.50 bits per heavy atom. The largest absolute Gasteiger partial charge is 0.480 e. The molecule has 6 nitrogen and oxygen atoms in total. The van der Waals surface area contributed by atoms with Gasteiger partial charge in [0.25, 0.3) is 0 Å². The second-order valence-electron chi connectivity index (χ2n) is 4.79. The van der Waals surface area contributed by atoms with Crippen molar-refractivity contribution >= 4 is 12.0 Å². The maximum atomic E-state index is 12.2. The molecule has 1 saturated heterocycles. The fraction of sp³-hybridized carbons (Fsp3) is 0.833. The number of nitrogens with zero attached hydrogens (tertiary/aromatic N) is 2. The zero-order valence-electron chi connectivity index (χ0n) is 11.3. The summed E-state index contributed by atoms with van der Waals surface area (Å²) >= 11 is 0. The highest BCUT2D eigenvalue weighted by atomic mass is 16.5. The monoisotopic (exact) mass is 258 g/mol. The molecule has 0 aliphatic carbocycles. The first-order valence-corrected chi connectivity index (χ1v) is 6.22. The van der Waals surface area contributed by atoms with E-state index in [-0.39, 0.29) is 11.9 Å². The molecule has 1 heterocycles. The van der Waals surface area contributed by atoms with Gasteiger partial charge in [0.15, 0.2) is 0 Å². The van der Waals surface area contributed by atoms with Gasteiger partial charge in [-0.3, -0.25) is 0 Å². The van der Waals surface area contributed by atoms with Crippen LogP contribution >= 0.6 is 0 Å². The Morgan fingerprint density at radius 3 is 2.72 bits per heavy atom. The molecule has 1 aliphatic heterocycles. The summed E-state index contributed by atoms with van der Waals surface area (Å²) in [5.41, 5.74) is 0. The molecule has 0 aromatic carbocycles. The first kappa shape index (κ1) is 14.8. The van der Waals surface area contributed by atoms with Gasteiger partial charge >= 0.3 is 12.0 Å². The van der Waals surface area contributed by atoms with Crippen molar-refractivity contribution < 1.29 is 19.4 Å². The lowest BCUT2D eigenvalue weighted by Crippen LogP contribution is -2.55. The molecule has 18 heavy (non-hydrogen) atoms. The Balaban J connectivity index is 2.71. The summed E-state index contributed by atoms with van der Waals surface area (Å²) in [6.45, 7) is 3.31. The number of likely N-dealkylation sites (tertiary alicyclic amines) is 1. The summed E-state index contributed by atoms with van der Waals surface area (Å²) in [4.78, 5) is 26.5.